The van der Waals surface area contributed by atoms with E-state index >= 15 is 0 Å². The van der Waals surface area contributed by atoms with Crippen molar-refractivity contribution in [1.29, 1.82) is 0 Å². The van der Waals surface area contributed by atoms with Crippen LogP contribution in [0.3, 0.4) is 0 Å². The number of carbonyl (C=O) groups excluding carboxylic acids is 1. The van der Waals surface area contributed by atoms with Gasteiger partial charge < -0.3 is 15.6 Å². The first-order valence-corrected chi connectivity index (χ1v) is 7.86. The van der Waals surface area contributed by atoms with Crippen LogP contribution in [0.15, 0.2) is 42.7 Å². The van der Waals surface area contributed by atoms with Gasteiger partial charge in [-0.15, -0.1) is 0 Å². The number of aromatic amines is 1. The van der Waals surface area contributed by atoms with E-state index in [2.05, 4.69) is 25.6 Å². The molecule has 0 bridgehead atoms. The van der Waals surface area contributed by atoms with Crippen molar-refractivity contribution in [1.82, 2.24) is 20.3 Å². The molecule has 1 amide bonds. The van der Waals surface area contributed by atoms with Crippen molar-refractivity contribution < 1.29 is 4.79 Å². The van der Waals surface area contributed by atoms with Crippen molar-refractivity contribution in [3.05, 3.63) is 54.0 Å². The molecule has 3 N–H and O–H groups in total. The number of fused-ring (bicyclic) bond motifs is 1. The topological polar surface area (TPSA) is 82.7 Å². The van der Waals surface area contributed by atoms with E-state index in [0.29, 0.717) is 5.69 Å². The summed E-state index contributed by atoms with van der Waals surface area (Å²) >= 11 is 0. The second kappa shape index (κ2) is 5.81. The van der Waals surface area contributed by atoms with Crippen LogP contribution in [-0.2, 0) is 6.42 Å². The Balaban J connectivity index is 1.88. The van der Waals surface area contributed by atoms with Crippen LogP contribution >= 0.6 is 0 Å². The molecule has 120 valence electrons. The van der Waals surface area contributed by atoms with Gasteiger partial charge in [-0.2, -0.15) is 0 Å². The molecule has 3 heterocycles. The van der Waals surface area contributed by atoms with E-state index in [0.717, 1.165) is 46.9 Å². The van der Waals surface area contributed by atoms with Crippen molar-refractivity contribution in [2.24, 2.45) is 0 Å². The number of hydrogen-bond donors (Lipinski definition) is 3. The Kier molecular flexibility index (Phi) is 3.49. The first kappa shape index (κ1) is 14.4. The highest BCUT2D eigenvalue weighted by molar-refractivity contribution is 6.00. The number of H-pyrrole nitrogens is 1. The SMILES string of the molecule is CNC(=O)c1[nH]c(-c2ncnc3c2CCN3)cc1-c1ccccc1. The van der Waals surface area contributed by atoms with Crippen molar-refractivity contribution >= 4 is 11.7 Å². The summed E-state index contributed by atoms with van der Waals surface area (Å²) in [4.78, 5) is 24.3. The van der Waals surface area contributed by atoms with Gasteiger partial charge in [0.25, 0.3) is 5.91 Å². The fourth-order valence-corrected chi connectivity index (χ4v) is 3.07. The maximum Gasteiger partial charge on any atom is 0.268 e. The van der Waals surface area contributed by atoms with Gasteiger partial charge in [-0.25, -0.2) is 9.97 Å². The number of benzene rings is 1. The normalized spacial score (nSPS) is 12.5. The van der Waals surface area contributed by atoms with Crippen LogP contribution < -0.4 is 10.6 Å². The van der Waals surface area contributed by atoms with Crippen LogP contribution in [-0.4, -0.2) is 34.5 Å². The quantitative estimate of drug-likeness (QED) is 0.692. The van der Waals surface area contributed by atoms with Crippen LogP contribution in [0, 0.1) is 0 Å². The summed E-state index contributed by atoms with van der Waals surface area (Å²) in [6.07, 6.45) is 2.43. The van der Waals surface area contributed by atoms with Crippen LogP contribution in [0.4, 0.5) is 5.82 Å². The summed E-state index contributed by atoms with van der Waals surface area (Å²) in [5, 5.41) is 5.95. The van der Waals surface area contributed by atoms with E-state index in [4.69, 9.17) is 0 Å². The molecular formula is C18H17N5O. The monoisotopic (exact) mass is 319 g/mol. The number of amides is 1. The Bertz CT molecular complexity index is 901. The molecule has 0 fully saturated rings. The Labute approximate surface area is 139 Å². The predicted molar refractivity (Wildman–Crippen MR) is 92.8 cm³/mol. The predicted octanol–water partition coefficient (Wildman–Crippen LogP) is 2.47. The number of aromatic nitrogens is 3. The zero-order chi connectivity index (χ0) is 16.5. The first-order valence-electron chi connectivity index (χ1n) is 7.86. The standard InChI is InChI=1S/C18H17N5O/c1-19-18(24)16-13(11-5-3-2-4-6-11)9-14(23-16)15-12-7-8-20-17(12)22-10-21-15/h2-6,9-10,23H,7-8H2,1H3,(H,19,24)(H,20,21,22). The van der Waals surface area contributed by atoms with Gasteiger partial charge >= 0.3 is 0 Å². The third-order valence-electron chi connectivity index (χ3n) is 4.22. The van der Waals surface area contributed by atoms with E-state index in [1.807, 2.05) is 36.4 Å². The van der Waals surface area contributed by atoms with Crippen LogP contribution in [0.5, 0.6) is 0 Å². The highest BCUT2D eigenvalue weighted by Gasteiger charge is 2.22. The lowest BCUT2D eigenvalue weighted by Crippen LogP contribution is -2.19. The van der Waals surface area contributed by atoms with Gasteiger partial charge in [0.2, 0.25) is 0 Å². The molecule has 2 aromatic heterocycles. The zero-order valence-electron chi connectivity index (χ0n) is 13.3. The molecule has 0 aliphatic carbocycles. The third-order valence-corrected chi connectivity index (χ3v) is 4.22. The van der Waals surface area contributed by atoms with E-state index < -0.39 is 0 Å². The van der Waals surface area contributed by atoms with Gasteiger partial charge in [0, 0.05) is 24.7 Å². The number of anilines is 1. The zero-order valence-corrected chi connectivity index (χ0v) is 13.3. The lowest BCUT2D eigenvalue weighted by molar-refractivity contribution is 0.0959. The summed E-state index contributed by atoms with van der Waals surface area (Å²) < 4.78 is 0. The largest absolute Gasteiger partial charge is 0.369 e. The summed E-state index contributed by atoms with van der Waals surface area (Å²) in [7, 11) is 1.63. The van der Waals surface area contributed by atoms with E-state index in [1.54, 1.807) is 13.4 Å². The molecule has 24 heavy (non-hydrogen) atoms. The molecule has 0 spiro atoms. The van der Waals surface area contributed by atoms with Gasteiger partial charge in [-0.05, 0) is 18.1 Å². The molecule has 1 aliphatic heterocycles. The van der Waals surface area contributed by atoms with Gasteiger partial charge in [-0.3, -0.25) is 4.79 Å². The minimum absolute atomic E-state index is 0.149. The second-order valence-electron chi connectivity index (χ2n) is 5.64. The molecule has 1 aliphatic rings. The number of nitrogens with one attached hydrogen (secondary N) is 3. The third kappa shape index (κ3) is 2.32. The maximum atomic E-state index is 12.3. The summed E-state index contributed by atoms with van der Waals surface area (Å²) in [5.74, 6) is 0.723. The molecule has 6 nitrogen and oxygen atoms in total. The molecule has 0 unspecified atom stereocenters. The molecule has 4 rings (SSSR count). The van der Waals surface area contributed by atoms with Gasteiger partial charge in [0.05, 0.1) is 11.4 Å². The summed E-state index contributed by atoms with van der Waals surface area (Å²) in [6.45, 7) is 0.857. The highest BCUT2D eigenvalue weighted by Crippen LogP contribution is 2.33. The minimum atomic E-state index is -0.149. The minimum Gasteiger partial charge on any atom is -0.369 e. The Morgan fingerprint density at radius 3 is 2.83 bits per heavy atom. The summed E-state index contributed by atoms with van der Waals surface area (Å²) in [6, 6.07) is 11.8. The van der Waals surface area contributed by atoms with E-state index in [-0.39, 0.29) is 5.91 Å². The number of nitrogens with zero attached hydrogens (tertiary/aromatic N) is 2. The van der Waals surface area contributed by atoms with Crippen molar-refractivity contribution in [3.8, 4) is 22.5 Å². The molecule has 6 heteroatoms. The molecule has 0 saturated carbocycles. The van der Waals surface area contributed by atoms with Crippen LogP contribution in [0.1, 0.15) is 16.1 Å². The molecular weight excluding hydrogens is 302 g/mol. The lowest BCUT2D eigenvalue weighted by Gasteiger charge is -2.03. The highest BCUT2D eigenvalue weighted by atomic mass is 16.1. The Morgan fingerprint density at radius 1 is 1.21 bits per heavy atom. The van der Waals surface area contributed by atoms with Crippen molar-refractivity contribution in [2.45, 2.75) is 6.42 Å². The molecule has 0 atom stereocenters. The fraction of sp³-hybridized carbons (Fsp3) is 0.167. The van der Waals surface area contributed by atoms with Gasteiger partial charge in [0.15, 0.2) is 0 Å². The maximum absolute atomic E-state index is 12.3. The fourth-order valence-electron chi connectivity index (χ4n) is 3.07. The number of carbonyl (C=O) groups is 1. The van der Waals surface area contributed by atoms with Crippen molar-refractivity contribution in [2.75, 3.05) is 18.9 Å². The molecule has 0 saturated heterocycles. The molecule has 3 aromatic rings. The molecule has 0 radical (unpaired) electrons. The Hall–Kier alpha value is -3.15. The van der Waals surface area contributed by atoms with Crippen molar-refractivity contribution in [3.63, 3.8) is 0 Å². The second-order valence-corrected chi connectivity index (χ2v) is 5.64. The number of hydrogen-bond acceptors (Lipinski definition) is 4. The van der Waals surface area contributed by atoms with Crippen LogP contribution in [0.25, 0.3) is 22.5 Å². The van der Waals surface area contributed by atoms with E-state index in [9.17, 15) is 4.79 Å². The lowest BCUT2D eigenvalue weighted by atomic mass is 10.0. The molecule has 1 aromatic carbocycles. The van der Waals surface area contributed by atoms with Gasteiger partial charge in [-0.1, -0.05) is 30.3 Å². The first-order chi connectivity index (χ1) is 11.8. The smallest absolute Gasteiger partial charge is 0.268 e. The average Bonchev–Trinajstić information content (AvgIpc) is 3.28. The van der Waals surface area contributed by atoms with Gasteiger partial charge in [0.1, 0.15) is 17.8 Å². The Morgan fingerprint density at radius 2 is 2.04 bits per heavy atom. The van der Waals surface area contributed by atoms with Crippen LogP contribution in [0.2, 0.25) is 0 Å². The summed E-state index contributed by atoms with van der Waals surface area (Å²) in [5.41, 5.74) is 5.15. The van der Waals surface area contributed by atoms with E-state index in [1.165, 1.54) is 0 Å². The number of rotatable bonds is 3. The average molecular weight is 319 g/mol.